The lowest BCUT2D eigenvalue weighted by molar-refractivity contribution is 1.09. The third-order valence-corrected chi connectivity index (χ3v) is 2.37. The Morgan fingerprint density at radius 1 is 1.13 bits per heavy atom. The van der Waals surface area contributed by atoms with E-state index in [0.29, 0.717) is 15.5 Å². The van der Waals surface area contributed by atoms with Crippen LogP contribution in [0.3, 0.4) is 0 Å². The molecule has 0 spiro atoms. The zero-order valence-electron chi connectivity index (χ0n) is 7.58. The van der Waals surface area contributed by atoms with Crippen LogP contribution in [-0.4, -0.2) is 9.97 Å². The van der Waals surface area contributed by atoms with Crippen molar-refractivity contribution in [2.24, 2.45) is 0 Å². The molecule has 0 bridgehead atoms. The highest BCUT2D eigenvalue weighted by Crippen LogP contribution is 2.17. The van der Waals surface area contributed by atoms with Crippen molar-refractivity contribution in [3.8, 4) is 11.3 Å². The van der Waals surface area contributed by atoms with Crippen LogP contribution < -0.4 is 5.56 Å². The second-order valence-corrected chi connectivity index (χ2v) is 3.85. The molecular weight excluding hydrogens is 232 g/mol. The van der Waals surface area contributed by atoms with Crippen LogP contribution in [0.15, 0.2) is 35.1 Å². The number of hydrogen-bond donors (Lipinski definition) is 2. The monoisotopic (exact) mass is 238 g/mol. The van der Waals surface area contributed by atoms with Crippen LogP contribution in [-0.2, 0) is 0 Å². The molecule has 0 saturated heterocycles. The lowest BCUT2D eigenvalue weighted by Gasteiger charge is -2.00. The lowest BCUT2D eigenvalue weighted by Crippen LogP contribution is -2.06. The number of hydrogen-bond acceptors (Lipinski definition) is 2. The summed E-state index contributed by atoms with van der Waals surface area (Å²) in [4.78, 5) is 16.6. The van der Waals surface area contributed by atoms with E-state index in [2.05, 4.69) is 9.97 Å². The summed E-state index contributed by atoms with van der Waals surface area (Å²) in [5.41, 5.74) is 1.33. The van der Waals surface area contributed by atoms with Crippen molar-refractivity contribution >= 4 is 23.8 Å². The van der Waals surface area contributed by atoms with Crippen molar-refractivity contribution in [3.05, 3.63) is 50.5 Å². The van der Waals surface area contributed by atoms with Crippen LogP contribution >= 0.6 is 23.8 Å². The third kappa shape index (κ3) is 2.34. The smallest absolute Gasteiger partial charge is 0.252 e. The molecule has 1 aromatic heterocycles. The van der Waals surface area contributed by atoms with Crippen molar-refractivity contribution in [1.29, 1.82) is 0 Å². The standard InChI is InChI=1S/C10H7ClN2OS/c11-7-3-1-6(2-4-7)8-5-9(14)13-10(15)12-8/h1-5H,(H2,12,13,14,15). The van der Waals surface area contributed by atoms with Crippen LogP contribution in [0.4, 0.5) is 0 Å². The van der Waals surface area contributed by atoms with Crippen molar-refractivity contribution in [3.63, 3.8) is 0 Å². The molecule has 0 aliphatic carbocycles. The first-order chi connectivity index (χ1) is 7.15. The Kier molecular flexibility index (Phi) is 2.70. The van der Waals surface area contributed by atoms with Crippen LogP contribution in [0, 0.1) is 4.77 Å². The van der Waals surface area contributed by atoms with Gasteiger partial charge in [-0.1, -0.05) is 23.7 Å². The van der Waals surface area contributed by atoms with Crippen LogP contribution in [0.1, 0.15) is 0 Å². The average Bonchev–Trinajstić information content (AvgIpc) is 2.17. The van der Waals surface area contributed by atoms with Gasteiger partial charge in [-0.25, -0.2) is 0 Å². The fraction of sp³-hybridized carbons (Fsp3) is 0. The van der Waals surface area contributed by atoms with Gasteiger partial charge in [0.25, 0.3) is 5.56 Å². The van der Waals surface area contributed by atoms with Gasteiger partial charge < -0.3 is 4.98 Å². The van der Waals surface area contributed by atoms with E-state index in [0.717, 1.165) is 5.56 Å². The topological polar surface area (TPSA) is 48.6 Å². The Morgan fingerprint density at radius 2 is 1.80 bits per heavy atom. The van der Waals surface area contributed by atoms with E-state index < -0.39 is 0 Å². The molecule has 2 aromatic rings. The summed E-state index contributed by atoms with van der Waals surface area (Å²) in [5, 5.41) is 0.655. The molecule has 1 heterocycles. The van der Waals surface area contributed by atoms with Gasteiger partial charge in [0, 0.05) is 11.1 Å². The summed E-state index contributed by atoms with van der Waals surface area (Å²) >= 11 is 10.6. The zero-order valence-corrected chi connectivity index (χ0v) is 9.15. The molecule has 1 aromatic carbocycles. The highest BCUT2D eigenvalue weighted by Gasteiger charge is 1.98. The Hall–Kier alpha value is -1.39. The highest BCUT2D eigenvalue weighted by atomic mass is 35.5. The predicted molar refractivity (Wildman–Crippen MR) is 62.7 cm³/mol. The summed E-state index contributed by atoms with van der Waals surface area (Å²) in [6.07, 6.45) is 0. The molecule has 0 aliphatic rings. The number of benzene rings is 1. The minimum absolute atomic E-state index is 0.219. The van der Waals surface area contributed by atoms with Gasteiger partial charge in [0.1, 0.15) is 0 Å². The number of H-pyrrole nitrogens is 2. The lowest BCUT2D eigenvalue weighted by atomic mass is 10.1. The molecule has 2 N–H and O–H groups in total. The summed E-state index contributed by atoms with van der Waals surface area (Å²) in [5.74, 6) is 0. The normalized spacial score (nSPS) is 10.2. The van der Waals surface area contributed by atoms with E-state index in [9.17, 15) is 4.79 Å². The number of nitrogens with one attached hydrogen (secondary N) is 2. The maximum atomic E-state index is 11.2. The molecular formula is C10H7ClN2OS. The van der Waals surface area contributed by atoms with E-state index in [4.69, 9.17) is 23.8 Å². The molecule has 0 atom stereocenters. The SMILES string of the molecule is O=c1cc(-c2ccc(Cl)cc2)[nH]c(=S)[nH]1. The average molecular weight is 239 g/mol. The maximum absolute atomic E-state index is 11.2. The van der Waals surface area contributed by atoms with Crippen molar-refractivity contribution in [1.82, 2.24) is 9.97 Å². The fourth-order valence-electron chi connectivity index (χ4n) is 1.25. The van der Waals surface area contributed by atoms with Gasteiger partial charge in [0.2, 0.25) is 0 Å². The first-order valence-electron chi connectivity index (χ1n) is 4.25. The minimum atomic E-state index is -0.219. The molecule has 15 heavy (non-hydrogen) atoms. The Balaban J connectivity index is 2.59. The summed E-state index contributed by atoms with van der Waals surface area (Å²) in [6.45, 7) is 0. The summed E-state index contributed by atoms with van der Waals surface area (Å²) in [6, 6.07) is 8.62. The van der Waals surface area contributed by atoms with Gasteiger partial charge in [0.15, 0.2) is 4.77 Å². The molecule has 0 saturated carbocycles. The molecule has 0 radical (unpaired) electrons. The van der Waals surface area contributed by atoms with Gasteiger partial charge in [-0.05, 0) is 29.9 Å². The van der Waals surface area contributed by atoms with Crippen LogP contribution in [0.25, 0.3) is 11.3 Å². The third-order valence-electron chi connectivity index (χ3n) is 1.92. The van der Waals surface area contributed by atoms with Crippen LogP contribution in [0.5, 0.6) is 0 Å². The largest absolute Gasteiger partial charge is 0.332 e. The highest BCUT2D eigenvalue weighted by molar-refractivity contribution is 7.71. The van der Waals surface area contributed by atoms with E-state index in [1.165, 1.54) is 6.07 Å². The number of aromatic amines is 2. The molecule has 5 heteroatoms. The van der Waals surface area contributed by atoms with Gasteiger partial charge in [-0.2, -0.15) is 0 Å². The second-order valence-electron chi connectivity index (χ2n) is 3.01. The molecule has 0 amide bonds. The second kappa shape index (κ2) is 4.00. The zero-order chi connectivity index (χ0) is 10.8. The Morgan fingerprint density at radius 3 is 2.40 bits per heavy atom. The van der Waals surface area contributed by atoms with Crippen molar-refractivity contribution in [2.75, 3.05) is 0 Å². The van der Waals surface area contributed by atoms with Gasteiger partial charge in [-0.3, -0.25) is 9.78 Å². The van der Waals surface area contributed by atoms with Crippen molar-refractivity contribution < 1.29 is 0 Å². The Bertz CT molecular complexity index is 557. The quantitative estimate of drug-likeness (QED) is 0.751. The van der Waals surface area contributed by atoms with E-state index in [1.807, 2.05) is 12.1 Å². The fourth-order valence-corrected chi connectivity index (χ4v) is 1.59. The number of rotatable bonds is 1. The van der Waals surface area contributed by atoms with Gasteiger partial charge >= 0.3 is 0 Å². The van der Waals surface area contributed by atoms with E-state index >= 15 is 0 Å². The first-order valence-corrected chi connectivity index (χ1v) is 5.03. The minimum Gasteiger partial charge on any atom is -0.332 e. The summed E-state index contributed by atoms with van der Waals surface area (Å²) < 4.78 is 0.312. The number of aromatic nitrogens is 2. The van der Waals surface area contributed by atoms with Gasteiger partial charge in [-0.15, -0.1) is 0 Å². The molecule has 0 aliphatic heterocycles. The molecule has 0 fully saturated rings. The predicted octanol–water partition coefficient (Wildman–Crippen LogP) is 2.75. The summed E-state index contributed by atoms with van der Waals surface area (Å²) in [7, 11) is 0. The molecule has 2 rings (SSSR count). The molecule has 0 unspecified atom stereocenters. The van der Waals surface area contributed by atoms with Gasteiger partial charge in [0.05, 0.1) is 5.69 Å². The van der Waals surface area contributed by atoms with Crippen LogP contribution in [0.2, 0.25) is 5.02 Å². The van der Waals surface area contributed by atoms with E-state index in [1.54, 1.807) is 12.1 Å². The Labute approximate surface area is 95.8 Å². The molecule has 76 valence electrons. The van der Waals surface area contributed by atoms with E-state index in [-0.39, 0.29) is 5.56 Å². The number of halogens is 1. The molecule has 3 nitrogen and oxygen atoms in total. The van der Waals surface area contributed by atoms with Crippen molar-refractivity contribution in [2.45, 2.75) is 0 Å². The maximum Gasteiger partial charge on any atom is 0.252 e. The first kappa shape index (κ1) is 10.1.